The van der Waals surface area contributed by atoms with Crippen LogP contribution in [0.4, 0.5) is 0 Å². The maximum Gasteiger partial charge on any atom is 0.254 e. The highest BCUT2D eigenvalue weighted by Gasteiger charge is 2.32. The van der Waals surface area contributed by atoms with E-state index < -0.39 is 0 Å². The number of likely N-dealkylation sites (tertiary alicyclic amines) is 1. The quantitative estimate of drug-likeness (QED) is 0.808. The lowest BCUT2D eigenvalue weighted by Crippen LogP contribution is -2.30. The van der Waals surface area contributed by atoms with Gasteiger partial charge in [0, 0.05) is 12.1 Å². The fourth-order valence-electron chi connectivity index (χ4n) is 2.53. The first-order valence-corrected chi connectivity index (χ1v) is 6.25. The molecule has 1 saturated heterocycles. The molecule has 1 amide bonds. The van der Waals surface area contributed by atoms with Gasteiger partial charge < -0.3 is 9.32 Å². The van der Waals surface area contributed by atoms with Crippen LogP contribution in [0.3, 0.4) is 0 Å². The maximum atomic E-state index is 12.4. The fraction of sp³-hybridized carbons (Fsp3) is 0.267. The number of nitrogens with zero attached hydrogens (tertiary/aromatic N) is 1. The lowest BCUT2D eigenvalue weighted by Gasteiger charge is -2.23. The summed E-state index contributed by atoms with van der Waals surface area (Å²) in [5.41, 5.74) is 0.746. The van der Waals surface area contributed by atoms with Crippen LogP contribution in [0.15, 0.2) is 53.1 Å². The van der Waals surface area contributed by atoms with Gasteiger partial charge in [0.1, 0.15) is 5.76 Å². The van der Waals surface area contributed by atoms with Crippen LogP contribution in [0.2, 0.25) is 0 Å². The average Bonchev–Trinajstić information content (AvgIpc) is 3.09. The van der Waals surface area contributed by atoms with E-state index in [9.17, 15) is 4.79 Å². The third kappa shape index (κ3) is 1.92. The molecule has 0 N–H and O–H groups in total. The molecule has 2 aromatic rings. The Morgan fingerprint density at radius 2 is 2.00 bits per heavy atom. The van der Waals surface area contributed by atoms with Gasteiger partial charge in [-0.05, 0) is 37.1 Å². The van der Waals surface area contributed by atoms with Crippen molar-refractivity contribution < 1.29 is 9.21 Å². The summed E-state index contributed by atoms with van der Waals surface area (Å²) >= 11 is 0. The first kappa shape index (κ1) is 11.1. The van der Waals surface area contributed by atoms with Crippen LogP contribution in [-0.4, -0.2) is 17.4 Å². The zero-order valence-electron chi connectivity index (χ0n) is 10.1. The molecule has 1 aliphatic rings. The predicted octanol–water partition coefficient (Wildman–Crippen LogP) is 3.26. The maximum absolute atomic E-state index is 12.4. The Labute approximate surface area is 106 Å². The second-order valence-electron chi connectivity index (χ2n) is 4.54. The van der Waals surface area contributed by atoms with Gasteiger partial charge in [-0.15, -0.1) is 0 Å². The highest BCUT2D eigenvalue weighted by molar-refractivity contribution is 5.94. The first-order chi connectivity index (χ1) is 8.86. The highest BCUT2D eigenvalue weighted by atomic mass is 16.3. The lowest BCUT2D eigenvalue weighted by molar-refractivity contribution is 0.0720. The van der Waals surface area contributed by atoms with Gasteiger partial charge in [-0.25, -0.2) is 0 Å². The topological polar surface area (TPSA) is 33.5 Å². The molecule has 3 rings (SSSR count). The molecule has 1 unspecified atom stereocenters. The van der Waals surface area contributed by atoms with E-state index in [2.05, 4.69) is 0 Å². The van der Waals surface area contributed by atoms with Gasteiger partial charge >= 0.3 is 0 Å². The van der Waals surface area contributed by atoms with Crippen molar-refractivity contribution in [3.05, 3.63) is 60.1 Å². The molecule has 0 spiro atoms. The fourth-order valence-corrected chi connectivity index (χ4v) is 2.53. The van der Waals surface area contributed by atoms with E-state index in [0.717, 1.165) is 30.7 Å². The number of carbonyl (C=O) groups excluding carboxylic acids is 1. The number of hydrogen-bond acceptors (Lipinski definition) is 2. The zero-order valence-corrected chi connectivity index (χ0v) is 10.1. The molecule has 3 nitrogen and oxygen atoms in total. The van der Waals surface area contributed by atoms with Gasteiger partial charge in [-0.1, -0.05) is 18.2 Å². The normalized spacial score (nSPS) is 19.1. The molecule has 0 saturated carbocycles. The molecule has 1 aromatic heterocycles. The van der Waals surface area contributed by atoms with Crippen molar-refractivity contribution in [1.29, 1.82) is 0 Å². The molecule has 3 heteroatoms. The van der Waals surface area contributed by atoms with E-state index in [1.807, 2.05) is 47.4 Å². The van der Waals surface area contributed by atoms with Crippen LogP contribution in [0.1, 0.15) is 35.0 Å². The zero-order chi connectivity index (χ0) is 12.4. The number of hydrogen-bond donors (Lipinski definition) is 0. The van der Waals surface area contributed by atoms with Crippen LogP contribution >= 0.6 is 0 Å². The minimum absolute atomic E-state index is 0.0905. The Morgan fingerprint density at radius 1 is 1.17 bits per heavy atom. The van der Waals surface area contributed by atoms with E-state index >= 15 is 0 Å². The number of rotatable bonds is 2. The van der Waals surface area contributed by atoms with Crippen molar-refractivity contribution in [2.75, 3.05) is 6.54 Å². The molecule has 1 atom stereocenters. The van der Waals surface area contributed by atoms with Crippen molar-refractivity contribution in [3.8, 4) is 0 Å². The van der Waals surface area contributed by atoms with Gasteiger partial charge in [0.15, 0.2) is 0 Å². The molecule has 0 radical (unpaired) electrons. The van der Waals surface area contributed by atoms with Gasteiger partial charge in [-0.2, -0.15) is 0 Å². The minimum Gasteiger partial charge on any atom is -0.467 e. The second-order valence-corrected chi connectivity index (χ2v) is 4.54. The third-order valence-corrected chi connectivity index (χ3v) is 3.41. The van der Waals surface area contributed by atoms with Crippen molar-refractivity contribution >= 4 is 5.91 Å². The van der Waals surface area contributed by atoms with Crippen molar-refractivity contribution in [2.24, 2.45) is 0 Å². The molecule has 1 fully saturated rings. The van der Waals surface area contributed by atoms with Crippen molar-refractivity contribution in [2.45, 2.75) is 18.9 Å². The Hall–Kier alpha value is -2.03. The van der Waals surface area contributed by atoms with Gasteiger partial charge in [0.25, 0.3) is 5.91 Å². The highest BCUT2D eigenvalue weighted by Crippen LogP contribution is 2.33. The number of benzene rings is 1. The summed E-state index contributed by atoms with van der Waals surface area (Å²) in [5, 5.41) is 0. The van der Waals surface area contributed by atoms with E-state index in [0.29, 0.717) is 0 Å². The Bertz CT molecular complexity index is 519. The molecule has 0 aliphatic carbocycles. The minimum atomic E-state index is 0.0905. The van der Waals surface area contributed by atoms with E-state index in [1.54, 1.807) is 6.26 Å². The smallest absolute Gasteiger partial charge is 0.254 e. The van der Waals surface area contributed by atoms with E-state index in [-0.39, 0.29) is 11.9 Å². The summed E-state index contributed by atoms with van der Waals surface area (Å²) in [6, 6.07) is 13.3. The summed E-state index contributed by atoms with van der Waals surface area (Å²) < 4.78 is 5.44. The molecule has 2 heterocycles. The van der Waals surface area contributed by atoms with Crippen LogP contribution < -0.4 is 0 Å². The molecular formula is C15H15NO2. The lowest BCUT2D eigenvalue weighted by atomic mass is 10.1. The molecule has 92 valence electrons. The number of furan rings is 1. The summed E-state index contributed by atoms with van der Waals surface area (Å²) in [7, 11) is 0. The third-order valence-electron chi connectivity index (χ3n) is 3.41. The second kappa shape index (κ2) is 4.69. The Kier molecular flexibility index (Phi) is 2.89. The van der Waals surface area contributed by atoms with Crippen LogP contribution in [0.25, 0.3) is 0 Å². The summed E-state index contributed by atoms with van der Waals surface area (Å²) in [6.45, 7) is 0.805. The molecule has 1 aliphatic heterocycles. The standard InChI is InChI=1S/C15H15NO2/c17-15(12-6-2-1-3-7-12)16-10-4-8-13(16)14-9-5-11-18-14/h1-3,5-7,9,11,13H,4,8,10H2. The summed E-state index contributed by atoms with van der Waals surface area (Å²) in [5.74, 6) is 0.978. The predicted molar refractivity (Wildman–Crippen MR) is 68.2 cm³/mol. The average molecular weight is 241 g/mol. The largest absolute Gasteiger partial charge is 0.467 e. The Morgan fingerprint density at radius 3 is 2.72 bits per heavy atom. The van der Waals surface area contributed by atoms with Crippen LogP contribution in [0.5, 0.6) is 0 Å². The van der Waals surface area contributed by atoms with Crippen LogP contribution in [-0.2, 0) is 0 Å². The first-order valence-electron chi connectivity index (χ1n) is 6.25. The summed E-state index contributed by atoms with van der Waals surface area (Å²) in [4.78, 5) is 14.3. The van der Waals surface area contributed by atoms with E-state index in [4.69, 9.17) is 4.42 Å². The van der Waals surface area contributed by atoms with Crippen molar-refractivity contribution in [3.63, 3.8) is 0 Å². The van der Waals surface area contributed by atoms with Crippen LogP contribution in [0, 0.1) is 0 Å². The molecule has 0 bridgehead atoms. The SMILES string of the molecule is O=C(c1ccccc1)N1CCCC1c1ccco1. The van der Waals surface area contributed by atoms with E-state index in [1.165, 1.54) is 0 Å². The molecule has 1 aromatic carbocycles. The van der Waals surface area contributed by atoms with Gasteiger partial charge in [-0.3, -0.25) is 4.79 Å². The monoisotopic (exact) mass is 241 g/mol. The van der Waals surface area contributed by atoms with Gasteiger partial charge in [0.2, 0.25) is 0 Å². The molecular weight excluding hydrogens is 226 g/mol. The van der Waals surface area contributed by atoms with Gasteiger partial charge in [0.05, 0.1) is 12.3 Å². The molecule has 18 heavy (non-hydrogen) atoms. The number of amides is 1. The number of carbonyl (C=O) groups is 1. The summed E-state index contributed by atoms with van der Waals surface area (Å²) in [6.07, 6.45) is 3.68. The Balaban J connectivity index is 1.85. The van der Waals surface area contributed by atoms with Crippen molar-refractivity contribution in [1.82, 2.24) is 4.90 Å².